The number of hydrogen-bond donors (Lipinski definition) is 1. The molecule has 30 heavy (non-hydrogen) atoms. The van der Waals surface area contributed by atoms with Crippen LogP contribution in [0.15, 0.2) is 73.1 Å². The summed E-state index contributed by atoms with van der Waals surface area (Å²) in [6, 6.07) is 16.0. The smallest absolute Gasteiger partial charge is 0.405 e. The van der Waals surface area contributed by atoms with Crippen molar-refractivity contribution >= 4 is 17.2 Å². The Kier molecular flexibility index (Phi) is 4.91. The van der Waals surface area contributed by atoms with Crippen molar-refractivity contribution in [3.8, 4) is 17.0 Å². The second kappa shape index (κ2) is 7.55. The summed E-state index contributed by atoms with van der Waals surface area (Å²) in [5, 5.41) is 2.59. The van der Waals surface area contributed by atoms with E-state index < -0.39 is 18.0 Å². The van der Waals surface area contributed by atoms with E-state index >= 15 is 0 Å². The number of imidazole rings is 1. The number of ether oxygens (including phenoxy) is 1. The number of alkyl halides is 3. The quantitative estimate of drug-likeness (QED) is 0.485. The van der Waals surface area contributed by atoms with Crippen molar-refractivity contribution in [3.63, 3.8) is 0 Å². The minimum atomic E-state index is -4.88. The van der Waals surface area contributed by atoms with Gasteiger partial charge >= 0.3 is 6.36 Å². The molecule has 4 aromatic rings. The molecule has 0 unspecified atom stereocenters. The number of benzene rings is 2. The summed E-state index contributed by atoms with van der Waals surface area (Å²) in [4.78, 5) is 17.0. The topological polar surface area (TPSA) is 55.6 Å². The van der Waals surface area contributed by atoms with Crippen molar-refractivity contribution in [2.75, 3.05) is 5.32 Å². The van der Waals surface area contributed by atoms with Crippen LogP contribution in [-0.4, -0.2) is 21.7 Å². The van der Waals surface area contributed by atoms with Crippen LogP contribution in [0.3, 0.4) is 0 Å². The molecule has 4 rings (SSSR count). The maximum Gasteiger partial charge on any atom is 0.573 e. The monoisotopic (exact) mass is 411 g/mol. The molecule has 5 nitrogen and oxygen atoms in total. The summed E-state index contributed by atoms with van der Waals surface area (Å²) < 4.78 is 43.5. The molecular weight excluding hydrogens is 395 g/mol. The van der Waals surface area contributed by atoms with Crippen LogP contribution in [0.2, 0.25) is 0 Å². The minimum Gasteiger partial charge on any atom is -0.405 e. The number of aryl methyl sites for hydroxylation is 1. The summed E-state index contributed by atoms with van der Waals surface area (Å²) in [5.41, 5.74) is 3.76. The molecule has 0 aliphatic heterocycles. The van der Waals surface area contributed by atoms with Gasteiger partial charge in [0.1, 0.15) is 11.4 Å². The average Bonchev–Trinajstić information content (AvgIpc) is 3.11. The van der Waals surface area contributed by atoms with Crippen LogP contribution in [-0.2, 0) is 0 Å². The molecule has 0 spiro atoms. The van der Waals surface area contributed by atoms with E-state index in [1.807, 2.05) is 35.9 Å². The predicted molar refractivity (Wildman–Crippen MR) is 106 cm³/mol. The van der Waals surface area contributed by atoms with Gasteiger partial charge in [-0.15, -0.1) is 13.2 Å². The lowest BCUT2D eigenvalue weighted by atomic mass is 10.1. The van der Waals surface area contributed by atoms with Crippen molar-refractivity contribution in [1.82, 2.24) is 9.38 Å². The van der Waals surface area contributed by atoms with Gasteiger partial charge in [-0.2, -0.15) is 0 Å². The average molecular weight is 411 g/mol. The Morgan fingerprint density at radius 3 is 2.53 bits per heavy atom. The highest BCUT2D eigenvalue weighted by atomic mass is 19.4. The summed E-state index contributed by atoms with van der Waals surface area (Å²) in [5.74, 6) is -1.26. The molecule has 0 radical (unpaired) electrons. The summed E-state index contributed by atoms with van der Waals surface area (Å²) in [6.45, 7) is 1.99. The molecule has 0 aliphatic carbocycles. The van der Waals surface area contributed by atoms with E-state index in [1.165, 1.54) is 18.2 Å². The Morgan fingerprint density at radius 1 is 1.07 bits per heavy atom. The molecule has 152 valence electrons. The maximum absolute atomic E-state index is 12.6. The number of halogens is 3. The molecule has 0 fully saturated rings. The molecule has 0 bridgehead atoms. The van der Waals surface area contributed by atoms with E-state index in [1.54, 1.807) is 24.3 Å². The number of aromatic nitrogens is 2. The first-order valence-corrected chi connectivity index (χ1v) is 9.00. The molecule has 0 atom stereocenters. The van der Waals surface area contributed by atoms with Crippen LogP contribution in [0, 0.1) is 6.92 Å². The van der Waals surface area contributed by atoms with Gasteiger partial charge in [0.25, 0.3) is 5.91 Å². The largest absolute Gasteiger partial charge is 0.573 e. The van der Waals surface area contributed by atoms with Crippen LogP contribution in [0.5, 0.6) is 5.75 Å². The molecule has 2 aromatic carbocycles. The fourth-order valence-corrected chi connectivity index (χ4v) is 3.01. The number of carbonyl (C=O) groups is 1. The third kappa shape index (κ3) is 4.27. The lowest BCUT2D eigenvalue weighted by Crippen LogP contribution is -2.20. The zero-order valence-corrected chi connectivity index (χ0v) is 15.8. The van der Waals surface area contributed by atoms with E-state index in [0.29, 0.717) is 5.69 Å². The van der Waals surface area contributed by atoms with E-state index in [9.17, 15) is 18.0 Å². The Bertz CT molecular complexity index is 1210. The van der Waals surface area contributed by atoms with Gasteiger partial charge in [0.05, 0.1) is 11.3 Å². The van der Waals surface area contributed by atoms with Gasteiger partial charge in [-0.3, -0.25) is 4.79 Å². The zero-order valence-electron chi connectivity index (χ0n) is 15.8. The Balaban J connectivity index is 1.53. The third-order valence-corrected chi connectivity index (χ3v) is 4.41. The second-order valence-electron chi connectivity index (χ2n) is 6.67. The van der Waals surface area contributed by atoms with Crippen molar-refractivity contribution in [3.05, 3.63) is 84.2 Å². The molecular formula is C22H16F3N3O2. The Morgan fingerprint density at radius 2 is 1.80 bits per heavy atom. The normalized spacial score (nSPS) is 11.5. The lowest BCUT2D eigenvalue weighted by Gasteiger charge is -2.13. The zero-order chi connectivity index (χ0) is 21.3. The number of hydrogen-bond acceptors (Lipinski definition) is 3. The van der Waals surface area contributed by atoms with Crippen molar-refractivity contribution in [2.24, 2.45) is 0 Å². The fraction of sp³-hybridized carbons (Fsp3) is 0.0909. The maximum atomic E-state index is 12.6. The fourth-order valence-electron chi connectivity index (χ4n) is 3.01. The van der Waals surface area contributed by atoms with Gasteiger partial charge in [0.2, 0.25) is 0 Å². The Hall–Kier alpha value is -3.81. The number of fused-ring (bicyclic) bond motifs is 1. The van der Waals surface area contributed by atoms with E-state index in [0.717, 1.165) is 28.5 Å². The molecule has 2 aromatic heterocycles. The van der Waals surface area contributed by atoms with Crippen LogP contribution in [0.25, 0.3) is 16.9 Å². The van der Waals surface area contributed by atoms with Gasteiger partial charge < -0.3 is 14.5 Å². The molecule has 0 saturated heterocycles. The van der Waals surface area contributed by atoms with E-state index in [4.69, 9.17) is 0 Å². The highest BCUT2D eigenvalue weighted by Crippen LogP contribution is 2.27. The van der Waals surface area contributed by atoms with Gasteiger partial charge in [0, 0.05) is 23.6 Å². The molecule has 1 N–H and O–H groups in total. The number of pyridine rings is 1. The number of nitrogens with zero attached hydrogens (tertiary/aromatic N) is 2. The van der Waals surface area contributed by atoms with Crippen LogP contribution < -0.4 is 10.1 Å². The van der Waals surface area contributed by atoms with Crippen molar-refractivity contribution < 1.29 is 22.7 Å². The SMILES string of the molecule is Cc1ccn2cc(-c3ccc(NC(=O)c4ccccc4OC(F)(F)F)cc3)nc2c1. The second-order valence-corrected chi connectivity index (χ2v) is 6.67. The van der Waals surface area contributed by atoms with E-state index in [2.05, 4.69) is 15.0 Å². The summed E-state index contributed by atoms with van der Waals surface area (Å²) in [6.07, 6.45) is -1.06. The van der Waals surface area contributed by atoms with Crippen LogP contribution in [0.1, 0.15) is 15.9 Å². The van der Waals surface area contributed by atoms with Crippen LogP contribution >= 0.6 is 0 Å². The van der Waals surface area contributed by atoms with Gasteiger partial charge in [-0.1, -0.05) is 24.3 Å². The minimum absolute atomic E-state index is 0.213. The molecule has 0 aliphatic rings. The number of para-hydroxylation sites is 1. The number of rotatable bonds is 4. The highest BCUT2D eigenvalue weighted by molar-refractivity contribution is 6.06. The van der Waals surface area contributed by atoms with Gasteiger partial charge in [0.15, 0.2) is 0 Å². The van der Waals surface area contributed by atoms with Crippen molar-refractivity contribution in [2.45, 2.75) is 13.3 Å². The molecule has 8 heteroatoms. The number of carbonyl (C=O) groups excluding carboxylic acids is 1. The van der Waals surface area contributed by atoms with Crippen LogP contribution in [0.4, 0.5) is 18.9 Å². The Labute approximate surface area is 169 Å². The first kappa shape index (κ1) is 19.5. The molecule has 2 heterocycles. The van der Waals surface area contributed by atoms with E-state index in [-0.39, 0.29) is 5.56 Å². The molecule has 0 saturated carbocycles. The summed E-state index contributed by atoms with van der Waals surface area (Å²) >= 11 is 0. The third-order valence-electron chi connectivity index (χ3n) is 4.41. The lowest BCUT2D eigenvalue weighted by molar-refractivity contribution is -0.274. The van der Waals surface area contributed by atoms with Crippen molar-refractivity contribution in [1.29, 1.82) is 0 Å². The number of amides is 1. The summed E-state index contributed by atoms with van der Waals surface area (Å²) in [7, 11) is 0. The highest BCUT2D eigenvalue weighted by Gasteiger charge is 2.32. The van der Waals surface area contributed by atoms with Gasteiger partial charge in [-0.05, 0) is 48.9 Å². The van der Waals surface area contributed by atoms with Gasteiger partial charge in [-0.25, -0.2) is 4.98 Å². The predicted octanol–water partition coefficient (Wildman–Crippen LogP) is 5.46. The first-order chi connectivity index (χ1) is 14.3. The number of anilines is 1. The molecule has 1 amide bonds. The standard InChI is InChI=1S/C22H16F3N3O2/c1-14-10-11-28-13-18(27-20(28)12-14)15-6-8-16(9-7-15)26-21(29)17-4-2-3-5-19(17)30-22(23,24)25/h2-13H,1H3,(H,26,29). The first-order valence-electron chi connectivity index (χ1n) is 9.00. The number of nitrogens with one attached hydrogen (secondary N) is 1.